The molecule has 0 aliphatic heterocycles. The van der Waals surface area contributed by atoms with Crippen molar-refractivity contribution in [2.45, 2.75) is 92.3 Å². The van der Waals surface area contributed by atoms with Crippen molar-refractivity contribution in [2.75, 3.05) is 0 Å². The molecule has 30 heavy (non-hydrogen) atoms. The van der Waals surface area contributed by atoms with Gasteiger partial charge in [0.25, 0.3) is 0 Å². The summed E-state index contributed by atoms with van der Waals surface area (Å²) >= 11 is 7.55. The van der Waals surface area contributed by atoms with Gasteiger partial charge in [0.05, 0.1) is 5.41 Å². The Hall–Kier alpha value is -0.180. The van der Waals surface area contributed by atoms with Gasteiger partial charge in [-0.25, -0.2) is 9.18 Å². The molecule has 0 spiro atoms. The minimum absolute atomic E-state index is 0.00826. The molecule has 3 nitrogen and oxygen atoms in total. The Morgan fingerprint density at radius 3 is 2.43 bits per heavy atom. The van der Waals surface area contributed by atoms with Crippen molar-refractivity contribution >= 4 is 43.6 Å². The van der Waals surface area contributed by atoms with Crippen LogP contribution in [0.2, 0.25) is 0 Å². The number of carbonyl (C=O) groups is 2. The van der Waals surface area contributed by atoms with E-state index in [0.29, 0.717) is 25.7 Å². The van der Waals surface area contributed by atoms with Crippen molar-refractivity contribution in [2.24, 2.45) is 22.7 Å². The Labute approximate surface area is 190 Å². The first-order valence-electron chi connectivity index (χ1n) is 10.5. The molecule has 0 N–H and O–H groups in total. The van der Waals surface area contributed by atoms with Crippen LogP contribution in [0.4, 0.5) is 17.6 Å². The third-order valence-electron chi connectivity index (χ3n) is 9.02. The Kier molecular flexibility index (Phi) is 5.30. The maximum absolute atomic E-state index is 16.5. The predicted molar refractivity (Wildman–Crippen MR) is 109 cm³/mol. The first-order chi connectivity index (χ1) is 13.7. The molecule has 0 saturated heterocycles. The molecule has 8 atom stereocenters. The van der Waals surface area contributed by atoms with E-state index in [1.807, 2.05) is 0 Å². The van der Waals surface area contributed by atoms with Crippen molar-refractivity contribution < 1.29 is 31.9 Å². The van der Waals surface area contributed by atoms with E-state index >= 15 is 4.39 Å². The number of ketones is 1. The lowest BCUT2D eigenvalue weighted by molar-refractivity contribution is -0.210. The number of halogens is 6. The number of ether oxygens (including phenoxy) is 1. The Bertz CT molecular complexity index is 776. The maximum atomic E-state index is 16.5. The van der Waals surface area contributed by atoms with Crippen molar-refractivity contribution in [3.05, 3.63) is 0 Å². The van der Waals surface area contributed by atoms with Gasteiger partial charge in [-0.2, -0.15) is 13.2 Å². The Morgan fingerprint density at radius 2 is 1.80 bits per heavy atom. The monoisotopic (exact) mass is 560 g/mol. The summed E-state index contributed by atoms with van der Waals surface area (Å²) in [6.45, 7) is 3.85. The van der Waals surface area contributed by atoms with Crippen LogP contribution in [-0.4, -0.2) is 38.9 Å². The molecule has 0 radical (unpaired) electrons. The van der Waals surface area contributed by atoms with E-state index in [4.69, 9.17) is 4.74 Å². The van der Waals surface area contributed by atoms with Crippen molar-refractivity contribution in [3.63, 3.8) is 0 Å². The van der Waals surface area contributed by atoms with Gasteiger partial charge in [0.2, 0.25) is 0 Å². The number of Topliss-reactive ketones (excluding diaryl/α,β-unsaturated/α-hetero) is 1. The quantitative estimate of drug-likeness (QED) is 0.222. The predicted octanol–water partition coefficient (Wildman–Crippen LogP) is 6.06. The van der Waals surface area contributed by atoms with E-state index in [-0.39, 0.29) is 41.7 Å². The SMILES string of the molecule is C[C@]12CCC(OC(=O)C(F)(F)F)CC1(Br)C(Br)C[C@@H]1[C@H]2CC[C@]2(C)C(=O)CC[C@@]12F. The zero-order valence-corrected chi connectivity index (χ0v) is 20.1. The smallest absolute Gasteiger partial charge is 0.456 e. The first-order valence-corrected chi connectivity index (χ1v) is 12.2. The average Bonchev–Trinajstić information content (AvgIpc) is 2.88. The van der Waals surface area contributed by atoms with Gasteiger partial charge < -0.3 is 4.74 Å². The van der Waals surface area contributed by atoms with E-state index in [2.05, 4.69) is 38.8 Å². The van der Waals surface area contributed by atoms with Crippen LogP contribution >= 0.6 is 31.9 Å². The lowest BCUT2D eigenvalue weighted by atomic mass is 9.44. The molecule has 4 saturated carbocycles. The fraction of sp³-hybridized carbons (Fsp3) is 0.905. The number of hydrogen-bond acceptors (Lipinski definition) is 3. The van der Waals surface area contributed by atoms with Crippen LogP contribution in [0, 0.1) is 22.7 Å². The molecule has 9 heteroatoms. The third-order valence-corrected chi connectivity index (χ3v) is 12.6. The minimum Gasteiger partial charge on any atom is -0.456 e. The fourth-order valence-electron chi connectivity index (χ4n) is 7.14. The number of hydrogen-bond donors (Lipinski definition) is 0. The third kappa shape index (κ3) is 2.92. The number of esters is 1. The number of carbonyl (C=O) groups excluding carboxylic acids is 2. The zero-order valence-electron chi connectivity index (χ0n) is 17.0. The molecule has 3 unspecified atom stereocenters. The van der Waals surface area contributed by atoms with Gasteiger partial charge in [-0.3, -0.25) is 4.79 Å². The van der Waals surface area contributed by atoms with Crippen LogP contribution in [0.15, 0.2) is 0 Å². The second-order valence-corrected chi connectivity index (χ2v) is 12.6. The highest BCUT2D eigenvalue weighted by atomic mass is 79.9. The Morgan fingerprint density at radius 1 is 1.13 bits per heavy atom. The van der Waals surface area contributed by atoms with Crippen LogP contribution in [0.25, 0.3) is 0 Å². The summed E-state index contributed by atoms with van der Waals surface area (Å²) in [5.41, 5.74) is -2.88. The van der Waals surface area contributed by atoms with E-state index in [0.717, 1.165) is 6.42 Å². The van der Waals surface area contributed by atoms with Gasteiger partial charge >= 0.3 is 12.1 Å². The van der Waals surface area contributed by atoms with Gasteiger partial charge in [-0.1, -0.05) is 38.8 Å². The lowest BCUT2D eigenvalue weighted by Crippen LogP contribution is -2.68. The van der Waals surface area contributed by atoms with Gasteiger partial charge in [0.1, 0.15) is 17.6 Å². The summed E-state index contributed by atoms with van der Waals surface area (Å²) in [4.78, 5) is 23.7. The van der Waals surface area contributed by atoms with Crippen LogP contribution in [-0.2, 0) is 14.3 Å². The van der Waals surface area contributed by atoms with Gasteiger partial charge in [-0.15, -0.1) is 0 Å². The lowest BCUT2D eigenvalue weighted by Gasteiger charge is -2.66. The number of fused-ring (bicyclic) bond motifs is 5. The molecule has 0 aromatic carbocycles. The molecular formula is C21H26Br2F4O3. The Balaban J connectivity index is 1.63. The summed E-state index contributed by atoms with van der Waals surface area (Å²) in [5.74, 6) is -2.42. The van der Waals surface area contributed by atoms with Crippen LogP contribution in [0.1, 0.15) is 65.2 Å². The first kappa shape index (κ1) is 23.0. The molecule has 0 amide bonds. The van der Waals surface area contributed by atoms with Crippen LogP contribution < -0.4 is 0 Å². The van der Waals surface area contributed by atoms with E-state index in [1.165, 1.54) is 0 Å². The van der Waals surface area contributed by atoms with Gasteiger partial charge in [-0.05, 0) is 62.7 Å². The molecule has 0 aromatic heterocycles. The molecule has 4 rings (SSSR count). The van der Waals surface area contributed by atoms with Crippen molar-refractivity contribution in [1.29, 1.82) is 0 Å². The molecule has 170 valence electrons. The summed E-state index contributed by atoms with van der Waals surface area (Å²) in [5, 5.41) is 0. The summed E-state index contributed by atoms with van der Waals surface area (Å²) in [6, 6.07) is 0. The summed E-state index contributed by atoms with van der Waals surface area (Å²) in [7, 11) is 0. The van der Waals surface area contributed by atoms with Crippen LogP contribution in [0.5, 0.6) is 0 Å². The number of alkyl halides is 6. The molecule has 0 heterocycles. The van der Waals surface area contributed by atoms with Crippen LogP contribution in [0.3, 0.4) is 0 Å². The minimum atomic E-state index is -5.02. The molecule has 4 aliphatic carbocycles. The molecule has 0 aromatic rings. The molecule has 0 bridgehead atoms. The van der Waals surface area contributed by atoms with Crippen molar-refractivity contribution in [1.82, 2.24) is 0 Å². The highest BCUT2D eigenvalue weighted by molar-refractivity contribution is 9.12. The van der Waals surface area contributed by atoms with E-state index < -0.39 is 39.1 Å². The average molecular weight is 562 g/mol. The number of rotatable bonds is 1. The molecular weight excluding hydrogens is 536 g/mol. The largest absolute Gasteiger partial charge is 0.490 e. The fourth-order valence-corrected chi connectivity index (χ4v) is 9.29. The molecule has 4 fully saturated rings. The van der Waals surface area contributed by atoms with E-state index in [1.54, 1.807) is 6.92 Å². The zero-order chi connectivity index (χ0) is 22.3. The summed E-state index contributed by atoms with van der Waals surface area (Å²) < 4.78 is 58.7. The van der Waals surface area contributed by atoms with E-state index in [9.17, 15) is 22.8 Å². The summed E-state index contributed by atoms with van der Waals surface area (Å²) in [6.07, 6.45) is -2.56. The highest BCUT2D eigenvalue weighted by Gasteiger charge is 2.72. The van der Waals surface area contributed by atoms with Gasteiger partial charge in [0.15, 0.2) is 0 Å². The topological polar surface area (TPSA) is 43.4 Å². The van der Waals surface area contributed by atoms with Gasteiger partial charge in [0, 0.05) is 22.0 Å². The maximum Gasteiger partial charge on any atom is 0.490 e. The highest BCUT2D eigenvalue weighted by Crippen LogP contribution is 2.71. The standard InChI is InChI=1S/C21H26Br2F4O3/c1-17-6-3-11(30-16(29)21(25,26)27)10-19(17,23)14(22)9-13-12(17)4-7-18(2)15(28)5-8-20(13,18)24/h11-14H,3-10H2,1-2H3/t11?,12-,13-,14?,17-,18-,19?,20-/m1/s1. The van der Waals surface area contributed by atoms with Crippen molar-refractivity contribution in [3.8, 4) is 0 Å². The second-order valence-electron chi connectivity index (χ2n) is 10.1. The second kappa shape index (κ2) is 6.91. The molecule has 4 aliphatic rings. The normalized spacial score (nSPS) is 51.0.